The predicted octanol–water partition coefficient (Wildman–Crippen LogP) is 2.53. The lowest BCUT2D eigenvalue weighted by atomic mass is 10.1. The minimum atomic E-state index is -0.241. The molecule has 3 aromatic rings. The van der Waals surface area contributed by atoms with Crippen LogP contribution in [0.2, 0.25) is 10.0 Å². The molecule has 1 amide bonds. The van der Waals surface area contributed by atoms with Gasteiger partial charge in [-0.05, 0) is 47.5 Å². The number of nitrogens with one attached hydrogen (secondary N) is 1. The average molecular weight is 365 g/mol. The van der Waals surface area contributed by atoms with E-state index in [1.54, 1.807) is 18.2 Å². The van der Waals surface area contributed by atoms with E-state index in [1.165, 1.54) is 4.85 Å². The molecule has 1 heterocycles. The van der Waals surface area contributed by atoms with Crippen molar-refractivity contribution in [2.24, 2.45) is 0 Å². The zero-order chi connectivity index (χ0) is 16.9. The van der Waals surface area contributed by atoms with Crippen LogP contribution in [0.1, 0.15) is 5.56 Å². The van der Waals surface area contributed by atoms with Crippen molar-refractivity contribution in [3.63, 3.8) is 0 Å². The summed E-state index contributed by atoms with van der Waals surface area (Å²) in [5.41, 5.74) is 2.34. The number of hydrogen-bond acceptors (Lipinski definition) is 4. The van der Waals surface area contributed by atoms with Crippen molar-refractivity contribution in [2.75, 3.05) is 13.2 Å². The fourth-order valence-electron chi connectivity index (χ4n) is 2.13. The third kappa shape index (κ3) is 4.15. The van der Waals surface area contributed by atoms with Gasteiger partial charge in [-0.25, -0.2) is 0 Å². The highest BCUT2D eigenvalue weighted by molar-refractivity contribution is 6.31. The highest BCUT2D eigenvalue weighted by atomic mass is 35.5. The number of halogens is 2. The van der Waals surface area contributed by atoms with E-state index in [4.69, 9.17) is 28.0 Å². The Morgan fingerprint density at radius 3 is 2.67 bits per heavy atom. The van der Waals surface area contributed by atoms with Gasteiger partial charge in [0.1, 0.15) is 11.0 Å². The topological polar surface area (TPSA) is 69.0 Å². The van der Waals surface area contributed by atoms with Crippen molar-refractivity contribution < 1.29 is 9.63 Å². The minimum Gasteiger partial charge on any atom is -0.385 e. The number of aromatic nitrogens is 3. The molecule has 0 bridgehead atoms. The molecule has 0 saturated carbocycles. The molecule has 2 aromatic carbocycles. The number of amides is 1. The van der Waals surface area contributed by atoms with Gasteiger partial charge in [0, 0.05) is 16.6 Å². The monoisotopic (exact) mass is 364 g/mol. The Morgan fingerprint density at radius 2 is 1.88 bits per heavy atom. The summed E-state index contributed by atoms with van der Waals surface area (Å²) in [6, 6.07) is 12.6. The summed E-state index contributed by atoms with van der Waals surface area (Å²) in [6.45, 7) is 0.347. The van der Waals surface area contributed by atoms with Crippen molar-refractivity contribution in [1.29, 1.82) is 0 Å². The van der Waals surface area contributed by atoms with Crippen LogP contribution in [0, 0.1) is 0 Å². The highest BCUT2D eigenvalue weighted by Crippen LogP contribution is 2.16. The van der Waals surface area contributed by atoms with Gasteiger partial charge >= 0.3 is 0 Å². The van der Waals surface area contributed by atoms with Gasteiger partial charge in [-0.2, -0.15) is 0 Å². The Bertz CT molecular complexity index is 849. The second kappa shape index (κ2) is 7.51. The Kier molecular flexibility index (Phi) is 5.17. The third-order valence-electron chi connectivity index (χ3n) is 3.34. The molecule has 1 aromatic heterocycles. The zero-order valence-corrected chi connectivity index (χ0v) is 14.1. The normalized spacial score (nSPS) is 10.8. The van der Waals surface area contributed by atoms with Gasteiger partial charge in [0.15, 0.2) is 6.61 Å². The standard InChI is InChI=1S/C16H14Cl2N4O2/c17-12-3-1-11(2-4-12)7-8-19-16(23)10-24-22-15-9-13(18)5-6-14(15)20-21-22/h1-6,9H,7-8,10H2,(H,19,23). The fraction of sp³-hybridized carbons (Fsp3) is 0.188. The summed E-state index contributed by atoms with van der Waals surface area (Å²) in [7, 11) is 0. The quantitative estimate of drug-likeness (QED) is 0.729. The van der Waals surface area contributed by atoms with Gasteiger partial charge in [0.05, 0.1) is 0 Å². The summed E-state index contributed by atoms with van der Waals surface area (Å²) in [6.07, 6.45) is 0.713. The molecule has 0 atom stereocenters. The van der Waals surface area contributed by atoms with Gasteiger partial charge in [0.25, 0.3) is 5.91 Å². The van der Waals surface area contributed by atoms with Crippen LogP contribution in [0.25, 0.3) is 11.0 Å². The van der Waals surface area contributed by atoms with Crippen molar-refractivity contribution in [3.05, 3.63) is 58.1 Å². The van der Waals surface area contributed by atoms with Crippen LogP contribution in [0.4, 0.5) is 0 Å². The zero-order valence-electron chi connectivity index (χ0n) is 12.6. The second-order valence-corrected chi connectivity index (χ2v) is 5.97. The molecule has 0 aliphatic heterocycles. The Hall–Kier alpha value is -2.31. The van der Waals surface area contributed by atoms with E-state index in [0.717, 1.165) is 5.56 Å². The summed E-state index contributed by atoms with van der Waals surface area (Å²) in [4.78, 5) is 18.4. The number of nitrogens with zero attached hydrogens (tertiary/aromatic N) is 3. The maximum Gasteiger partial charge on any atom is 0.260 e. The smallest absolute Gasteiger partial charge is 0.260 e. The Balaban J connectivity index is 1.48. The van der Waals surface area contributed by atoms with Crippen LogP contribution in [0.15, 0.2) is 42.5 Å². The lowest BCUT2D eigenvalue weighted by Gasteiger charge is -2.07. The van der Waals surface area contributed by atoms with Crippen molar-refractivity contribution in [3.8, 4) is 0 Å². The summed E-state index contributed by atoms with van der Waals surface area (Å²) in [5.74, 6) is -0.241. The lowest BCUT2D eigenvalue weighted by molar-refractivity contribution is -0.126. The van der Waals surface area contributed by atoms with Gasteiger partial charge in [0.2, 0.25) is 0 Å². The summed E-state index contributed by atoms with van der Waals surface area (Å²) >= 11 is 11.8. The summed E-state index contributed by atoms with van der Waals surface area (Å²) < 4.78 is 0. The molecule has 3 rings (SSSR count). The van der Waals surface area contributed by atoms with Crippen molar-refractivity contribution >= 4 is 40.1 Å². The molecule has 0 saturated heterocycles. The first kappa shape index (κ1) is 16.5. The number of benzene rings is 2. The van der Waals surface area contributed by atoms with Crippen LogP contribution in [0.3, 0.4) is 0 Å². The molecule has 1 N–H and O–H groups in total. The number of rotatable bonds is 6. The summed E-state index contributed by atoms with van der Waals surface area (Å²) in [5, 5.41) is 11.8. The Morgan fingerprint density at radius 1 is 1.12 bits per heavy atom. The SMILES string of the molecule is O=C(COn1nnc2ccc(Cl)cc21)NCCc1ccc(Cl)cc1. The molecular formula is C16H14Cl2N4O2. The molecule has 8 heteroatoms. The van der Waals surface area contributed by atoms with Crippen molar-refractivity contribution in [2.45, 2.75) is 6.42 Å². The second-order valence-electron chi connectivity index (χ2n) is 5.10. The van der Waals surface area contributed by atoms with E-state index in [9.17, 15) is 4.79 Å². The van der Waals surface area contributed by atoms with Crippen LogP contribution >= 0.6 is 23.2 Å². The number of carbonyl (C=O) groups excluding carboxylic acids is 1. The van der Waals surface area contributed by atoms with Gasteiger partial charge in [-0.1, -0.05) is 40.2 Å². The molecular weight excluding hydrogens is 351 g/mol. The van der Waals surface area contributed by atoms with Crippen molar-refractivity contribution in [1.82, 2.24) is 20.5 Å². The fourth-order valence-corrected chi connectivity index (χ4v) is 2.43. The molecule has 0 spiro atoms. The first-order valence-corrected chi connectivity index (χ1v) is 8.03. The molecule has 124 valence electrons. The van der Waals surface area contributed by atoms with E-state index in [0.29, 0.717) is 34.0 Å². The first-order chi connectivity index (χ1) is 11.6. The van der Waals surface area contributed by atoms with E-state index in [1.807, 2.05) is 24.3 Å². The average Bonchev–Trinajstić information content (AvgIpc) is 2.97. The largest absolute Gasteiger partial charge is 0.385 e. The first-order valence-electron chi connectivity index (χ1n) is 7.27. The highest BCUT2D eigenvalue weighted by Gasteiger charge is 2.08. The molecule has 24 heavy (non-hydrogen) atoms. The molecule has 0 fully saturated rings. The van der Waals surface area contributed by atoms with E-state index < -0.39 is 0 Å². The Labute approximate surface area is 148 Å². The van der Waals surface area contributed by atoms with Crippen LogP contribution in [-0.2, 0) is 11.2 Å². The maximum atomic E-state index is 11.8. The van der Waals surface area contributed by atoms with Crippen LogP contribution < -0.4 is 10.2 Å². The number of hydrogen-bond donors (Lipinski definition) is 1. The molecule has 0 aliphatic carbocycles. The van der Waals surface area contributed by atoms with Crippen LogP contribution in [-0.4, -0.2) is 34.2 Å². The predicted molar refractivity (Wildman–Crippen MR) is 92.2 cm³/mol. The number of fused-ring (bicyclic) bond motifs is 1. The van der Waals surface area contributed by atoms with Gasteiger partial charge < -0.3 is 10.2 Å². The number of carbonyl (C=O) groups is 1. The van der Waals surface area contributed by atoms with E-state index in [-0.39, 0.29) is 12.5 Å². The minimum absolute atomic E-state index is 0.161. The van der Waals surface area contributed by atoms with Crippen LogP contribution in [0.5, 0.6) is 0 Å². The van der Waals surface area contributed by atoms with Gasteiger partial charge in [-0.3, -0.25) is 4.79 Å². The molecule has 6 nitrogen and oxygen atoms in total. The van der Waals surface area contributed by atoms with E-state index >= 15 is 0 Å². The lowest BCUT2D eigenvalue weighted by Crippen LogP contribution is -2.33. The maximum absolute atomic E-state index is 11.8. The molecule has 0 radical (unpaired) electrons. The molecule has 0 unspecified atom stereocenters. The van der Waals surface area contributed by atoms with E-state index in [2.05, 4.69) is 15.6 Å². The molecule has 0 aliphatic rings. The third-order valence-corrected chi connectivity index (χ3v) is 3.83. The van der Waals surface area contributed by atoms with Gasteiger partial charge in [-0.15, -0.1) is 5.10 Å².